The standard InChI is InChI=1S/C27H42O7/c1-5-6-16(2)19-7-8-20-24-21(13-23(27(19,20)4)34-25(30)31)26(3)10-9-18(32-14-28)11-17(26)12-22(24)33-15-29/h14-24H,5-13H2,1-4H3,(H,30,31)/t16?,17-,18+,19+,20-,21-,22+,23-,24-,26-,27+/m0/s1. The van der Waals surface area contributed by atoms with Crippen LogP contribution in [0.4, 0.5) is 4.79 Å². The monoisotopic (exact) mass is 478 g/mol. The summed E-state index contributed by atoms with van der Waals surface area (Å²) in [5.41, 5.74) is -0.287. The summed E-state index contributed by atoms with van der Waals surface area (Å²) >= 11 is 0. The summed E-state index contributed by atoms with van der Waals surface area (Å²) in [4.78, 5) is 34.4. The van der Waals surface area contributed by atoms with E-state index < -0.39 is 6.16 Å². The number of hydrogen-bond donors (Lipinski definition) is 1. The lowest BCUT2D eigenvalue weighted by molar-refractivity contribution is -0.215. The average Bonchev–Trinajstić information content (AvgIpc) is 3.14. The molecule has 11 atom stereocenters. The predicted molar refractivity (Wildman–Crippen MR) is 125 cm³/mol. The summed E-state index contributed by atoms with van der Waals surface area (Å²) in [5.74, 6) is 1.80. The van der Waals surface area contributed by atoms with Gasteiger partial charge in [-0.3, -0.25) is 9.59 Å². The number of carbonyl (C=O) groups excluding carboxylic acids is 2. The second-order valence-corrected chi connectivity index (χ2v) is 12.1. The van der Waals surface area contributed by atoms with Gasteiger partial charge < -0.3 is 19.3 Å². The van der Waals surface area contributed by atoms with Gasteiger partial charge in [-0.2, -0.15) is 0 Å². The largest absolute Gasteiger partial charge is 0.506 e. The molecular formula is C27H42O7. The van der Waals surface area contributed by atoms with Crippen molar-refractivity contribution >= 4 is 19.1 Å². The molecular weight excluding hydrogens is 436 g/mol. The molecule has 0 aromatic rings. The lowest BCUT2D eigenvalue weighted by Crippen LogP contribution is -2.63. The van der Waals surface area contributed by atoms with E-state index in [9.17, 15) is 19.5 Å². The third-order valence-corrected chi connectivity index (χ3v) is 10.9. The highest BCUT2D eigenvalue weighted by molar-refractivity contribution is 5.57. The fourth-order valence-corrected chi connectivity index (χ4v) is 9.43. The van der Waals surface area contributed by atoms with Crippen molar-refractivity contribution < 1.29 is 33.7 Å². The minimum absolute atomic E-state index is 0.0231. The molecule has 4 fully saturated rings. The molecule has 4 aliphatic rings. The summed E-state index contributed by atoms with van der Waals surface area (Å²) < 4.78 is 16.9. The molecule has 7 nitrogen and oxygen atoms in total. The number of fused-ring (bicyclic) bond motifs is 5. The molecule has 0 aromatic heterocycles. The Bertz CT molecular complexity index is 770. The first-order chi connectivity index (χ1) is 16.2. The van der Waals surface area contributed by atoms with Crippen LogP contribution in [0.3, 0.4) is 0 Å². The maximum atomic E-state index is 11.9. The van der Waals surface area contributed by atoms with Crippen LogP contribution in [-0.2, 0) is 23.8 Å². The number of ether oxygens (including phenoxy) is 3. The first kappa shape index (κ1) is 25.3. The molecule has 0 amide bonds. The van der Waals surface area contributed by atoms with Crippen LogP contribution in [0.1, 0.15) is 85.5 Å². The molecule has 0 saturated heterocycles. The van der Waals surface area contributed by atoms with E-state index in [1.807, 2.05) is 0 Å². The zero-order chi connectivity index (χ0) is 24.7. The molecule has 4 saturated carbocycles. The minimum Gasteiger partial charge on any atom is -0.465 e. The number of hydrogen-bond acceptors (Lipinski definition) is 6. The molecule has 0 bridgehead atoms. The summed E-state index contributed by atoms with van der Waals surface area (Å²) in [6.07, 6.45) is 6.41. The van der Waals surface area contributed by atoms with E-state index in [-0.39, 0.29) is 52.8 Å². The molecule has 7 heteroatoms. The van der Waals surface area contributed by atoms with E-state index in [4.69, 9.17) is 14.2 Å². The Morgan fingerprint density at radius 2 is 1.79 bits per heavy atom. The van der Waals surface area contributed by atoms with E-state index in [0.717, 1.165) is 51.4 Å². The topological polar surface area (TPSA) is 99.1 Å². The molecule has 0 heterocycles. The van der Waals surface area contributed by atoms with Crippen molar-refractivity contribution in [2.75, 3.05) is 0 Å². The maximum Gasteiger partial charge on any atom is 0.506 e. The molecule has 192 valence electrons. The highest BCUT2D eigenvalue weighted by Gasteiger charge is 2.67. The molecule has 1 unspecified atom stereocenters. The Morgan fingerprint density at radius 1 is 1.06 bits per heavy atom. The molecule has 4 rings (SSSR count). The van der Waals surface area contributed by atoms with Crippen molar-refractivity contribution in [1.82, 2.24) is 0 Å². The summed E-state index contributed by atoms with van der Waals surface area (Å²) in [6, 6.07) is 0. The van der Waals surface area contributed by atoms with Crippen LogP contribution in [0.15, 0.2) is 0 Å². The van der Waals surface area contributed by atoms with E-state index in [2.05, 4.69) is 27.7 Å². The van der Waals surface area contributed by atoms with Crippen molar-refractivity contribution in [3.63, 3.8) is 0 Å². The van der Waals surface area contributed by atoms with Crippen LogP contribution < -0.4 is 0 Å². The average molecular weight is 479 g/mol. The molecule has 4 aliphatic carbocycles. The van der Waals surface area contributed by atoms with E-state index in [1.54, 1.807) is 0 Å². The van der Waals surface area contributed by atoms with E-state index in [0.29, 0.717) is 31.2 Å². The van der Waals surface area contributed by atoms with Crippen LogP contribution in [0.2, 0.25) is 0 Å². The number of carbonyl (C=O) groups is 3. The Labute approximate surface area is 203 Å². The first-order valence-electron chi connectivity index (χ1n) is 13.3. The first-order valence-corrected chi connectivity index (χ1v) is 13.3. The van der Waals surface area contributed by atoms with Gasteiger partial charge in [0.2, 0.25) is 0 Å². The third-order valence-electron chi connectivity index (χ3n) is 10.9. The molecule has 0 aliphatic heterocycles. The van der Waals surface area contributed by atoms with Gasteiger partial charge in [-0.15, -0.1) is 0 Å². The van der Waals surface area contributed by atoms with Gasteiger partial charge in [0.1, 0.15) is 18.3 Å². The fourth-order valence-electron chi connectivity index (χ4n) is 9.43. The van der Waals surface area contributed by atoms with Crippen molar-refractivity contribution in [3.05, 3.63) is 0 Å². The van der Waals surface area contributed by atoms with Crippen LogP contribution >= 0.6 is 0 Å². The zero-order valence-electron chi connectivity index (χ0n) is 21.1. The van der Waals surface area contributed by atoms with Crippen molar-refractivity contribution in [3.8, 4) is 0 Å². The second-order valence-electron chi connectivity index (χ2n) is 12.1. The van der Waals surface area contributed by atoms with Gasteiger partial charge in [0.25, 0.3) is 12.9 Å². The summed E-state index contributed by atoms with van der Waals surface area (Å²) in [5, 5.41) is 9.71. The normalized spacial score (nSPS) is 46.2. The Balaban J connectivity index is 1.73. The smallest absolute Gasteiger partial charge is 0.465 e. The highest BCUT2D eigenvalue weighted by Crippen LogP contribution is 2.69. The highest BCUT2D eigenvalue weighted by atomic mass is 16.7. The quantitative estimate of drug-likeness (QED) is 0.281. The van der Waals surface area contributed by atoms with Gasteiger partial charge in [0.15, 0.2) is 0 Å². The summed E-state index contributed by atoms with van der Waals surface area (Å²) in [7, 11) is 0. The van der Waals surface area contributed by atoms with Crippen molar-refractivity contribution in [2.24, 2.45) is 46.3 Å². The Hall–Kier alpha value is -1.79. The van der Waals surface area contributed by atoms with Gasteiger partial charge in [-0.1, -0.05) is 40.5 Å². The van der Waals surface area contributed by atoms with Crippen molar-refractivity contribution in [1.29, 1.82) is 0 Å². The second kappa shape index (κ2) is 9.69. The zero-order valence-corrected chi connectivity index (χ0v) is 21.1. The molecule has 1 N–H and O–H groups in total. The van der Waals surface area contributed by atoms with E-state index >= 15 is 0 Å². The summed E-state index contributed by atoms with van der Waals surface area (Å²) in [6.45, 7) is 10.2. The van der Waals surface area contributed by atoms with Gasteiger partial charge in [0, 0.05) is 11.3 Å². The molecule has 0 spiro atoms. The van der Waals surface area contributed by atoms with Gasteiger partial charge in [-0.25, -0.2) is 4.79 Å². The van der Waals surface area contributed by atoms with Gasteiger partial charge in [-0.05, 0) is 80.0 Å². The van der Waals surface area contributed by atoms with Gasteiger partial charge in [0.05, 0.1) is 0 Å². The lowest BCUT2D eigenvalue weighted by Gasteiger charge is -2.64. The number of carboxylic acid groups (broad SMARTS) is 1. The Kier molecular flexibility index (Phi) is 7.21. The molecule has 0 radical (unpaired) electrons. The van der Waals surface area contributed by atoms with Crippen LogP contribution in [0, 0.1) is 46.3 Å². The van der Waals surface area contributed by atoms with Gasteiger partial charge >= 0.3 is 6.16 Å². The van der Waals surface area contributed by atoms with Crippen molar-refractivity contribution in [2.45, 2.75) is 104 Å². The van der Waals surface area contributed by atoms with Crippen LogP contribution in [0.5, 0.6) is 0 Å². The molecule has 0 aromatic carbocycles. The minimum atomic E-state index is -1.20. The van der Waals surface area contributed by atoms with Crippen LogP contribution in [0.25, 0.3) is 0 Å². The Morgan fingerprint density at radius 3 is 2.44 bits per heavy atom. The fraction of sp³-hybridized carbons (Fsp3) is 0.889. The number of rotatable bonds is 8. The SMILES string of the molecule is CCCC(C)[C@H]1CC[C@H]2[C@@H]3[C@H](OC=O)C[C@@H]4C[C@H](OC=O)CC[C@]4(C)[C@H]3C[C@H](OC(=O)O)[C@]12C. The lowest BCUT2D eigenvalue weighted by atomic mass is 9.43. The predicted octanol–water partition coefficient (Wildman–Crippen LogP) is 5.45. The van der Waals surface area contributed by atoms with E-state index in [1.165, 1.54) is 0 Å². The molecule has 34 heavy (non-hydrogen) atoms. The maximum absolute atomic E-state index is 11.9. The van der Waals surface area contributed by atoms with Crippen LogP contribution in [-0.4, -0.2) is 42.5 Å². The third kappa shape index (κ3) is 4.01.